The van der Waals surface area contributed by atoms with Crippen LogP contribution in [0.5, 0.6) is 0 Å². The van der Waals surface area contributed by atoms with Crippen LogP contribution in [-0.4, -0.2) is 36.9 Å². The number of carbonyl (C=O) groups is 2. The summed E-state index contributed by atoms with van der Waals surface area (Å²) < 4.78 is 13.8. The lowest BCUT2D eigenvalue weighted by Gasteiger charge is -2.41. The molecular weight excluding hydrogens is 379 g/mol. The third kappa shape index (κ3) is 3.98. The summed E-state index contributed by atoms with van der Waals surface area (Å²) >= 11 is 0. The van der Waals surface area contributed by atoms with Crippen molar-refractivity contribution in [3.05, 3.63) is 59.9 Å². The van der Waals surface area contributed by atoms with Crippen LogP contribution in [0.2, 0.25) is 0 Å². The van der Waals surface area contributed by atoms with E-state index in [1.165, 1.54) is 12.1 Å². The summed E-state index contributed by atoms with van der Waals surface area (Å²) in [5, 5.41) is 2.85. The summed E-state index contributed by atoms with van der Waals surface area (Å²) in [6.45, 7) is 3.33. The Bertz CT molecular complexity index is 950. The Morgan fingerprint density at radius 2 is 1.83 bits per heavy atom. The molecule has 158 valence electrons. The molecular formula is C25H29FN2O2. The molecule has 4 rings (SSSR count). The number of hydrogen-bond donors (Lipinski definition) is 1. The lowest BCUT2D eigenvalue weighted by atomic mass is 9.72. The number of halogens is 1. The van der Waals surface area contributed by atoms with Gasteiger partial charge in [0, 0.05) is 26.1 Å². The lowest BCUT2D eigenvalue weighted by molar-refractivity contribution is -0.141. The fraction of sp³-hybridized carbons (Fsp3) is 0.440. The van der Waals surface area contributed by atoms with E-state index < -0.39 is 5.41 Å². The van der Waals surface area contributed by atoms with Crippen LogP contribution < -0.4 is 5.32 Å². The van der Waals surface area contributed by atoms with E-state index in [4.69, 9.17) is 0 Å². The maximum absolute atomic E-state index is 13.8. The van der Waals surface area contributed by atoms with Gasteiger partial charge in [0.2, 0.25) is 11.8 Å². The molecule has 1 aliphatic heterocycles. The summed E-state index contributed by atoms with van der Waals surface area (Å²) in [7, 11) is 1.67. The lowest BCUT2D eigenvalue weighted by Crippen LogP contribution is -2.51. The highest BCUT2D eigenvalue weighted by Gasteiger charge is 2.46. The smallest absolute Gasteiger partial charge is 0.226 e. The van der Waals surface area contributed by atoms with Crippen LogP contribution in [0.25, 0.3) is 11.1 Å². The fourth-order valence-corrected chi connectivity index (χ4v) is 4.78. The molecule has 2 aromatic carbocycles. The molecule has 2 atom stereocenters. The first-order valence-corrected chi connectivity index (χ1v) is 10.8. The molecule has 2 aromatic rings. The molecule has 0 aromatic heterocycles. The summed E-state index contributed by atoms with van der Waals surface area (Å²) in [6, 6.07) is 14.5. The average Bonchev–Trinajstić information content (AvgIpc) is 3.50. The highest BCUT2D eigenvalue weighted by molar-refractivity contribution is 5.85. The molecule has 2 aliphatic rings. The van der Waals surface area contributed by atoms with Gasteiger partial charge in [-0.3, -0.25) is 9.59 Å². The third-order valence-electron chi connectivity index (χ3n) is 6.85. The first kappa shape index (κ1) is 20.6. The Hall–Kier alpha value is -2.69. The Balaban J connectivity index is 1.58. The summed E-state index contributed by atoms with van der Waals surface area (Å²) in [4.78, 5) is 27.6. The van der Waals surface area contributed by atoms with Crippen molar-refractivity contribution >= 4 is 11.8 Å². The van der Waals surface area contributed by atoms with Gasteiger partial charge in [-0.2, -0.15) is 0 Å². The van der Waals surface area contributed by atoms with E-state index in [0.717, 1.165) is 23.1 Å². The van der Waals surface area contributed by atoms with Crippen LogP contribution >= 0.6 is 0 Å². The van der Waals surface area contributed by atoms with Crippen molar-refractivity contribution in [1.82, 2.24) is 10.2 Å². The number of piperidine rings is 1. The molecule has 0 bridgehead atoms. The van der Waals surface area contributed by atoms with Gasteiger partial charge < -0.3 is 10.2 Å². The van der Waals surface area contributed by atoms with E-state index in [1.54, 1.807) is 13.1 Å². The van der Waals surface area contributed by atoms with Crippen LogP contribution in [0.4, 0.5) is 4.39 Å². The van der Waals surface area contributed by atoms with Gasteiger partial charge in [-0.25, -0.2) is 4.39 Å². The highest BCUT2D eigenvalue weighted by atomic mass is 19.1. The van der Waals surface area contributed by atoms with Gasteiger partial charge in [-0.15, -0.1) is 0 Å². The second-order valence-electron chi connectivity index (χ2n) is 8.85. The number of benzene rings is 2. The highest BCUT2D eigenvalue weighted by Crippen LogP contribution is 2.42. The fourth-order valence-electron chi connectivity index (χ4n) is 4.78. The maximum atomic E-state index is 13.8. The van der Waals surface area contributed by atoms with E-state index in [9.17, 15) is 14.0 Å². The minimum Gasteiger partial charge on any atom is -0.359 e. The van der Waals surface area contributed by atoms with Crippen molar-refractivity contribution in [3.63, 3.8) is 0 Å². The van der Waals surface area contributed by atoms with Gasteiger partial charge >= 0.3 is 0 Å². The number of amides is 2. The van der Waals surface area contributed by atoms with E-state index >= 15 is 0 Å². The normalized spacial score (nSPS) is 22.4. The zero-order chi connectivity index (χ0) is 21.3. The number of nitrogens with one attached hydrogen (secondary N) is 1. The number of nitrogens with zero attached hydrogens (tertiary/aromatic N) is 1. The zero-order valence-electron chi connectivity index (χ0n) is 17.7. The van der Waals surface area contributed by atoms with Gasteiger partial charge in [0.05, 0.1) is 5.41 Å². The molecule has 2 unspecified atom stereocenters. The van der Waals surface area contributed by atoms with Crippen LogP contribution in [0, 0.1) is 23.1 Å². The molecule has 1 N–H and O–H groups in total. The van der Waals surface area contributed by atoms with Crippen LogP contribution in [-0.2, 0) is 16.0 Å². The Kier molecular flexibility index (Phi) is 5.63. The summed E-state index contributed by atoms with van der Waals surface area (Å²) in [6.07, 6.45) is 2.83. The molecule has 0 spiro atoms. The monoisotopic (exact) mass is 408 g/mol. The Morgan fingerprint density at radius 3 is 2.47 bits per heavy atom. The molecule has 5 heteroatoms. The zero-order valence-corrected chi connectivity index (χ0v) is 17.7. The predicted molar refractivity (Wildman–Crippen MR) is 115 cm³/mol. The van der Waals surface area contributed by atoms with Crippen molar-refractivity contribution in [2.45, 2.75) is 32.6 Å². The Labute approximate surface area is 177 Å². The van der Waals surface area contributed by atoms with E-state index in [0.29, 0.717) is 38.3 Å². The average molecular weight is 409 g/mol. The summed E-state index contributed by atoms with van der Waals surface area (Å²) in [5.41, 5.74) is 2.23. The number of likely N-dealkylation sites (tertiary alicyclic amines) is 1. The third-order valence-corrected chi connectivity index (χ3v) is 6.85. The molecule has 4 nitrogen and oxygen atoms in total. The van der Waals surface area contributed by atoms with E-state index in [-0.39, 0.29) is 23.5 Å². The first-order valence-electron chi connectivity index (χ1n) is 10.8. The van der Waals surface area contributed by atoms with E-state index in [2.05, 4.69) is 12.2 Å². The SMILES string of the molecule is CNC(=O)C1(Cc2ccccc2-c2cccc(F)c2)CCN(C(=O)C2CC2C)CC1. The van der Waals surface area contributed by atoms with Crippen molar-refractivity contribution < 1.29 is 14.0 Å². The van der Waals surface area contributed by atoms with Gasteiger partial charge in [-0.1, -0.05) is 43.3 Å². The molecule has 2 amide bonds. The van der Waals surface area contributed by atoms with E-state index in [1.807, 2.05) is 35.2 Å². The van der Waals surface area contributed by atoms with Gasteiger partial charge in [0.1, 0.15) is 5.82 Å². The minimum atomic E-state index is -0.565. The molecule has 1 aliphatic carbocycles. The molecule has 30 heavy (non-hydrogen) atoms. The van der Waals surface area contributed by atoms with Crippen molar-refractivity contribution in [2.24, 2.45) is 17.3 Å². The minimum absolute atomic E-state index is 0.0171. The first-order chi connectivity index (χ1) is 14.4. The molecule has 0 radical (unpaired) electrons. The molecule has 2 fully saturated rings. The molecule has 1 saturated carbocycles. The quantitative estimate of drug-likeness (QED) is 0.812. The summed E-state index contributed by atoms with van der Waals surface area (Å²) in [5.74, 6) is 0.647. The molecule has 1 saturated heterocycles. The van der Waals surface area contributed by atoms with Crippen molar-refractivity contribution in [3.8, 4) is 11.1 Å². The topological polar surface area (TPSA) is 49.4 Å². The predicted octanol–water partition coefficient (Wildman–Crippen LogP) is 4.05. The molecule has 1 heterocycles. The van der Waals surface area contributed by atoms with Crippen LogP contribution in [0.1, 0.15) is 31.7 Å². The van der Waals surface area contributed by atoms with Crippen LogP contribution in [0.15, 0.2) is 48.5 Å². The Morgan fingerprint density at radius 1 is 1.13 bits per heavy atom. The van der Waals surface area contributed by atoms with Gasteiger partial charge in [-0.05, 0) is 60.4 Å². The van der Waals surface area contributed by atoms with Gasteiger partial charge in [0.15, 0.2) is 0 Å². The van der Waals surface area contributed by atoms with Crippen molar-refractivity contribution in [1.29, 1.82) is 0 Å². The van der Waals surface area contributed by atoms with Crippen LogP contribution in [0.3, 0.4) is 0 Å². The van der Waals surface area contributed by atoms with Gasteiger partial charge in [0.25, 0.3) is 0 Å². The largest absolute Gasteiger partial charge is 0.359 e. The number of hydrogen-bond acceptors (Lipinski definition) is 2. The number of rotatable bonds is 5. The maximum Gasteiger partial charge on any atom is 0.226 e. The standard InChI is InChI=1S/C25H29FN2O2/c1-17-14-22(17)23(29)28-12-10-25(11-13-28,24(30)27-2)16-19-6-3-4-9-21(19)18-7-5-8-20(26)15-18/h3-9,15,17,22H,10-14,16H2,1-2H3,(H,27,30). The number of carbonyl (C=O) groups excluding carboxylic acids is 2. The van der Waals surface area contributed by atoms with Crippen molar-refractivity contribution in [2.75, 3.05) is 20.1 Å². The second kappa shape index (κ2) is 8.21. The second-order valence-corrected chi connectivity index (χ2v) is 8.85.